The molecule has 0 bridgehead atoms. The van der Waals surface area contributed by atoms with Gasteiger partial charge in [-0.15, -0.1) is 0 Å². The smallest absolute Gasteiger partial charge is 0.321 e. The van der Waals surface area contributed by atoms with Crippen LogP contribution >= 0.6 is 0 Å². The number of hydrogen-bond donors (Lipinski definition) is 2. The minimum Gasteiger partial charge on any atom is -0.487 e. The summed E-state index contributed by atoms with van der Waals surface area (Å²) in [7, 11) is 0. The van der Waals surface area contributed by atoms with Crippen LogP contribution in [0.3, 0.4) is 0 Å². The van der Waals surface area contributed by atoms with Crippen molar-refractivity contribution in [1.82, 2.24) is 14.8 Å². The molecule has 2 fully saturated rings. The first kappa shape index (κ1) is 20.2. The van der Waals surface area contributed by atoms with Crippen LogP contribution in [-0.4, -0.2) is 69.7 Å². The second kappa shape index (κ2) is 7.95. The normalized spacial score (nSPS) is 17.2. The van der Waals surface area contributed by atoms with Gasteiger partial charge in [-0.25, -0.2) is 4.79 Å². The maximum absolute atomic E-state index is 12.4. The molecule has 2 aliphatic rings. The Kier molecular flexibility index (Phi) is 5.34. The summed E-state index contributed by atoms with van der Waals surface area (Å²) in [6.07, 6.45) is 3.50. The largest absolute Gasteiger partial charge is 0.487 e. The lowest BCUT2D eigenvalue weighted by molar-refractivity contribution is -0.156. The number of aromatic nitrogens is 1. The van der Waals surface area contributed by atoms with Crippen molar-refractivity contribution in [2.45, 2.75) is 31.5 Å². The van der Waals surface area contributed by atoms with E-state index in [0.29, 0.717) is 43.5 Å². The van der Waals surface area contributed by atoms with Gasteiger partial charge in [-0.1, -0.05) is 6.07 Å². The maximum Gasteiger partial charge on any atom is 0.321 e. The molecule has 158 valence electrons. The van der Waals surface area contributed by atoms with Crippen molar-refractivity contribution in [2.24, 2.45) is 0 Å². The van der Waals surface area contributed by atoms with Gasteiger partial charge in [-0.05, 0) is 49.7 Å². The van der Waals surface area contributed by atoms with Crippen LogP contribution in [-0.2, 0) is 4.79 Å². The highest BCUT2D eigenvalue weighted by Crippen LogP contribution is 2.27. The van der Waals surface area contributed by atoms with Crippen LogP contribution in [0.15, 0.2) is 48.8 Å². The standard InChI is InChI=1S/C22H26N4O4/c1-22(2,29)20(27)25-13-19(14-25)30-18-7-5-17(6-8-18)24-21(28)26-11-16(12-26)15-4-3-9-23-10-15/h3-10,16,19,29H,11-14H2,1-2H3,(H,24,28). The fraction of sp³-hybridized carbons (Fsp3) is 0.409. The first-order valence-electron chi connectivity index (χ1n) is 10.0. The molecule has 3 heterocycles. The third kappa shape index (κ3) is 4.38. The average Bonchev–Trinajstić information content (AvgIpc) is 2.64. The number of anilines is 1. The predicted octanol–water partition coefficient (Wildman–Crippen LogP) is 2.07. The fourth-order valence-electron chi connectivity index (χ4n) is 3.55. The molecule has 2 N–H and O–H groups in total. The Morgan fingerprint density at radius 3 is 2.40 bits per heavy atom. The zero-order valence-electron chi connectivity index (χ0n) is 17.1. The summed E-state index contributed by atoms with van der Waals surface area (Å²) < 4.78 is 5.84. The van der Waals surface area contributed by atoms with Crippen molar-refractivity contribution >= 4 is 17.6 Å². The highest BCUT2D eigenvalue weighted by Gasteiger charge is 2.38. The number of hydrogen-bond acceptors (Lipinski definition) is 5. The number of carbonyl (C=O) groups excluding carboxylic acids is 2. The van der Waals surface area contributed by atoms with E-state index in [0.717, 1.165) is 5.56 Å². The quantitative estimate of drug-likeness (QED) is 0.787. The van der Waals surface area contributed by atoms with Crippen LogP contribution in [0.1, 0.15) is 25.3 Å². The molecule has 2 aromatic rings. The Hall–Kier alpha value is -3.13. The summed E-state index contributed by atoms with van der Waals surface area (Å²) in [5.41, 5.74) is 0.491. The molecule has 1 aromatic carbocycles. The summed E-state index contributed by atoms with van der Waals surface area (Å²) in [4.78, 5) is 31.8. The molecule has 8 heteroatoms. The van der Waals surface area contributed by atoms with Gasteiger partial charge in [-0.2, -0.15) is 0 Å². The lowest BCUT2D eigenvalue weighted by Crippen LogP contribution is -2.60. The Morgan fingerprint density at radius 1 is 1.10 bits per heavy atom. The highest BCUT2D eigenvalue weighted by molar-refractivity contribution is 5.90. The van der Waals surface area contributed by atoms with Gasteiger partial charge in [0.05, 0.1) is 13.1 Å². The number of nitrogens with one attached hydrogen (secondary N) is 1. The van der Waals surface area contributed by atoms with E-state index in [4.69, 9.17) is 4.74 Å². The molecule has 0 spiro atoms. The van der Waals surface area contributed by atoms with Crippen molar-refractivity contribution in [3.05, 3.63) is 54.4 Å². The van der Waals surface area contributed by atoms with E-state index in [-0.39, 0.29) is 18.0 Å². The molecule has 0 atom stereocenters. The minimum absolute atomic E-state index is 0.0951. The molecular weight excluding hydrogens is 384 g/mol. The van der Waals surface area contributed by atoms with E-state index in [2.05, 4.69) is 10.3 Å². The molecule has 4 rings (SSSR count). The monoisotopic (exact) mass is 410 g/mol. The number of urea groups is 1. The number of benzene rings is 1. The number of ether oxygens (including phenoxy) is 1. The zero-order valence-corrected chi connectivity index (χ0v) is 17.1. The van der Waals surface area contributed by atoms with Crippen LogP contribution < -0.4 is 10.1 Å². The Labute approximate surface area is 175 Å². The number of pyridine rings is 1. The Bertz CT molecular complexity index is 899. The summed E-state index contributed by atoms with van der Waals surface area (Å²) in [5, 5.41) is 12.7. The van der Waals surface area contributed by atoms with E-state index in [1.807, 2.05) is 18.3 Å². The van der Waals surface area contributed by atoms with E-state index >= 15 is 0 Å². The lowest BCUT2D eigenvalue weighted by atomic mass is 9.93. The number of aliphatic hydroxyl groups is 1. The molecule has 3 amide bonds. The first-order valence-corrected chi connectivity index (χ1v) is 10.0. The van der Waals surface area contributed by atoms with Gasteiger partial charge in [0.1, 0.15) is 17.5 Å². The molecule has 0 saturated carbocycles. The third-order valence-corrected chi connectivity index (χ3v) is 5.39. The fourth-order valence-corrected chi connectivity index (χ4v) is 3.55. The van der Waals surface area contributed by atoms with Gasteiger partial charge < -0.3 is 25.0 Å². The second-order valence-electron chi connectivity index (χ2n) is 8.35. The maximum atomic E-state index is 12.4. The molecule has 8 nitrogen and oxygen atoms in total. The molecule has 1 aromatic heterocycles. The highest BCUT2D eigenvalue weighted by atomic mass is 16.5. The molecule has 0 aliphatic carbocycles. The molecular formula is C22H26N4O4. The van der Waals surface area contributed by atoms with Gasteiger partial charge in [0, 0.05) is 37.1 Å². The lowest BCUT2D eigenvalue weighted by Gasteiger charge is -2.41. The number of amides is 3. The summed E-state index contributed by atoms with van der Waals surface area (Å²) in [6.45, 7) is 5.23. The van der Waals surface area contributed by atoms with Crippen LogP contribution in [0.2, 0.25) is 0 Å². The van der Waals surface area contributed by atoms with Crippen molar-refractivity contribution in [3.63, 3.8) is 0 Å². The molecule has 2 aliphatic heterocycles. The van der Waals surface area contributed by atoms with Crippen molar-refractivity contribution in [1.29, 1.82) is 0 Å². The van der Waals surface area contributed by atoms with Gasteiger partial charge in [0.25, 0.3) is 5.91 Å². The second-order valence-corrected chi connectivity index (χ2v) is 8.35. The van der Waals surface area contributed by atoms with Crippen molar-refractivity contribution < 1.29 is 19.4 Å². The topological polar surface area (TPSA) is 95.0 Å². The third-order valence-electron chi connectivity index (χ3n) is 5.39. The minimum atomic E-state index is -1.36. The Balaban J connectivity index is 1.21. The Morgan fingerprint density at radius 2 is 1.80 bits per heavy atom. The molecule has 0 unspecified atom stereocenters. The SMILES string of the molecule is CC(C)(O)C(=O)N1CC(Oc2ccc(NC(=O)N3CC(c4cccnc4)C3)cc2)C1. The molecule has 30 heavy (non-hydrogen) atoms. The average molecular weight is 410 g/mol. The summed E-state index contributed by atoms with van der Waals surface area (Å²) >= 11 is 0. The van der Waals surface area contributed by atoms with Gasteiger partial charge >= 0.3 is 6.03 Å². The van der Waals surface area contributed by atoms with Gasteiger partial charge in [-0.3, -0.25) is 9.78 Å². The van der Waals surface area contributed by atoms with Crippen molar-refractivity contribution in [2.75, 3.05) is 31.5 Å². The summed E-state index contributed by atoms with van der Waals surface area (Å²) in [5.74, 6) is 0.719. The van der Waals surface area contributed by atoms with Crippen LogP contribution in [0.5, 0.6) is 5.75 Å². The number of carbonyl (C=O) groups is 2. The summed E-state index contributed by atoms with van der Waals surface area (Å²) in [6, 6.07) is 11.0. The zero-order chi connectivity index (χ0) is 21.3. The number of nitrogens with zero attached hydrogens (tertiary/aromatic N) is 3. The van der Waals surface area contributed by atoms with E-state index in [1.165, 1.54) is 13.8 Å². The molecule has 0 radical (unpaired) electrons. The molecule has 2 saturated heterocycles. The van der Waals surface area contributed by atoms with E-state index in [9.17, 15) is 14.7 Å². The number of rotatable bonds is 5. The van der Waals surface area contributed by atoms with E-state index in [1.54, 1.807) is 40.3 Å². The predicted molar refractivity (Wildman–Crippen MR) is 111 cm³/mol. The van der Waals surface area contributed by atoms with Crippen LogP contribution in [0, 0.1) is 0 Å². The van der Waals surface area contributed by atoms with Gasteiger partial charge in [0.2, 0.25) is 0 Å². The van der Waals surface area contributed by atoms with Gasteiger partial charge in [0.15, 0.2) is 0 Å². The van der Waals surface area contributed by atoms with E-state index < -0.39 is 5.60 Å². The number of likely N-dealkylation sites (tertiary alicyclic amines) is 2. The van der Waals surface area contributed by atoms with Crippen molar-refractivity contribution in [3.8, 4) is 5.75 Å². The van der Waals surface area contributed by atoms with Crippen LogP contribution in [0.4, 0.5) is 10.5 Å². The van der Waals surface area contributed by atoms with Crippen LogP contribution in [0.25, 0.3) is 0 Å². The first-order chi connectivity index (χ1) is 14.3.